The van der Waals surface area contributed by atoms with E-state index in [1.807, 2.05) is 31.2 Å². The molecule has 1 fully saturated rings. The molecular weight excluding hydrogens is 340 g/mol. The minimum atomic E-state index is -0.158. The molecule has 1 aliphatic heterocycles. The summed E-state index contributed by atoms with van der Waals surface area (Å²) in [6.45, 7) is 1.91. The van der Waals surface area contributed by atoms with E-state index in [-0.39, 0.29) is 17.3 Å². The second kappa shape index (κ2) is 5.61. The molecule has 4 nitrogen and oxygen atoms in total. The number of hydrogen-bond acceptors (Lipinski definition) is 4. The van der Waals surface area contributed by atoms with Crippen LogP contribution in [0.2, 0.25) is 0 Å². The highest BCUT2D eigenvalue weighted by Gasteiger charge is 2.33. The molecule has 0 bridgehead atoms. The second-order valence-electron chi connectivity index (χ2n) is 4.70. The average molecular weight is 353 g/mol. The van der Waals surface area contributed by atoms with Crippen molar-refractivity contribution in [2.24, 2.45) is 0 Å². The summed E-state index contributed by atoms with van der Waals surface area (Å²) in [7, 11) is 0. The monoisotopic (exact) mass is 352 g/mol. The molecule has 6 heteroatoms. The van der Waals surface area contributed by atoms with Crippen LogP contribution in [0.4, 0.5) is 0 Å². The van der Waals surface area contributed by atoms with Crippen LogP contribution < -0.4 is 0 Å². The average Bonchev–Trinajstić information content (AvgIpc) is 2.98. The Morgan fingerprint density at radius 2 is 2.15 bits per heavy atom. The Labute approximate surface area is 129 Å². The van der Waals surface area contributed by atoms with Crippen molar-refractivity contribution in [3.63, 3.8) is 0 Å². The van der Waals surface area contributed by atoms with Gasteiger partial charge in [0.2, 0.25) is 0 Å². The van der Waals surface area contributed by atoms with Crippen LogP contribution in [0.3, 0.4) is 0 Å². The lowest BCUT2D eigenvalue weighted by molar-refractivity contribution is -0.140. The van der Waals surface area contributed by atoms with Crippen LogP contribution >= 0.6 is 27.7 Å². The van der Waals surface area contributed by atoms with Gasteiger partial charge in [0.25, 0.3) is 0 Å². The number of ether oxygens (including phenoxy) is 1. The van der Waals surface area contributed by atoms with Gasteiger partial charge in [-0.25, -0.2) is 4.98 Å². The van der Waals surface area contributed by atoms with E-state index in [1.165, 1.54) is 11.8 Å². The minimum Gasteiger partial charge on any atom is -0.462 e. The Kier molecular flexibility index (Phi) is 3.85. The molecule has 1 aromatic carbocycles. The summed E-state index contributed by atoms with van der Waals surface area (Å²) >= 11 is 4.84. The molecule has 2 aromatic rings. The Morgan fingerprint density at radius 3 is 2.80 bits per heavy atom. The fourth-order valence-corrected chi connectivity index (χ4v) is 3.43. The summed E-state index contributed by atoms with van der Waals surface area (Å²) in [6.07, 6.45) is 2.52. The van der Waals surface area contributed by atoms with Crippen LogP contribution in [0.5, 0.6) is 0 Å². The summed E-state index contributed by atoms with van der Waals surface area (Å²) in [5, 5.41) is 0.591. The summed E-state index contributed by atoms with van der Waals surface area (Å²) in [5.41, 5.74) is 2.01. The number of nitrogens with zero attached hydrogens (tertiary/aromatic N) is 1. The summed E-state index contributed by atoms with van der Waals surface area (Å²) in [5.74, 6) is -0.149. The molecule has 1 N–H and O–H groups in total. The molecule has 0 radical (unpaired) electrons. The number of halogens is 1. The molecule has 0 spiro atoms. The van der Waals surface area contributed by atoms with E-state index in [4.69, 9.17) is 4.74 Å². The zero-order valence-electron chi connectivity index (χ0n) is 10.8. The highest BCUT2D eigenvalue weighted by Crippen LogP contribution is 2.31. The molecule has 2 heterocycles. The van der Waals surface area contributed by atoms with Gasteiger partial charge in [0.05, 0.1) is 11.9 Å². The maximum atomic E-state index is 11.6. The van der Waals surface area contributed by atoms with Crippen LogP contribution in [0, 0.1) is 0 Å². The van der Waals surface area contributed by atoms with Crippen molar-refractivity contribution in [3.8, 4) is 11.3 Å². The van der Waals surface area contributed by atoms with Crippen molar-refractivity contribution < 1.29 is 9.53 Å². The van der Waals surface area contributed by atoms with Crippen molar-refractivity contribution in [1.29, 1.82) is 0 Å². The molecule has 1 aliphatic rings. The van der Waals surface area contributed by atoms with Crippen LogP contribution in [0.15, 0.2) is 40.1 Å². The van der Waals surface area contributed by atoms with E-state index in [2.05, 4.69) is 25.9 Å². The van der Waals surface area contributed by atoms with Crippen LogP contribution in [0.1, 0.15) is 13.3 Å². The number of imidazole rings is 1. The van der Waals surface area contributed by atoms with Gasteiger partial charge >= 0.3 is 5.97 Å². The van der Waals surface area contributed by atoms with Gasteiger partial charge < -0.3 is 9.72 Å². The van der Waals surface area contributed by atoms with E-state index in [1.54, 1.807) is 6.20 Å². The van der Waals surface area contributed by atoms with Gasteiger partial charge in [0, 0.05) is 10.9 Å². The molecule has 0 saturated carbocycles. The quantitative estimate of drug-likeness (QED) is 0.856. The summed E-state index contributed by atoms with van der Waals surface area (Å²) < 4.78 is 6.18. The van der Waals surface area contributed by atoms with E-state index in [0.29, 0.717) is 0 Å². The molecule has 3 rings (SSSR count). The number of hydrogen-bond donors (Lipinski definition) is 1. The third-order valence-electron chi connectivity index (χ3n) is 3.09. The zero-order valence-corrected chi connectivity index (χ0v) is 13.2. The molecule has 2 atom stereocenters. The van der Waals surface area contributed by atoms with E-state index < -0.39 is 0 Å². The number of cyclic esters (lactones) is 1. The maximum Gasteiger partial charge on any atom is 0.319 e. The van der Waals surface area contributed by atoms with Crippen LogP contribution in [-0.2, 0) is 9.53 Å². The first-order chi connectivity index (χ1) is 9.61. The Hall–Kier alpha value is -1.27. The first kappa shape index (κ1) is 13.7. The number of carbonyl (C=O) groups excluding carboxylic acids is 1. The fraction of sp³-hybridized carbons (Fsp3) is 0.286. The molecule has 0 aliphatic carbocycles. The lowest BCUT2D eigenvalue weighted by Crippen LogP contribution is -2.09. The molecule has 0 unspecified atom stereocenters. The highest BCUT2D eigenvalue weighted by molar-refractivity contribution is 9.10. The van der Waals surface area contributed by atoms with Gasteiger partial charge in [-0.1, -0.05) is 39.8 Å². The zero-order chi connectivity index (χ0) is 14.1. The predicted octanol–water partition coefficient (Wildman–Crippen LogP) is 3.64. The van der Waals surface area contributed by atoms with E-state index in [9.17, 15) is 4.79 Å². The number of rotatable bonds is 3. The van der Waals surface area contributed by atoms with Gasteiger partial charge in [-0.05, 0) is 24.6 Å². The standard InChI is InChI=1S/C14H13BrN2O2S/c1-8-6-12(13(18)19-8)20-14-16-7-11(17-14)9-2-4-10(15)5-3-9/h2-5,7-8,12H,6H2,1H3,(H,16,17)/t8-,12+/m0/s1. The maximum absolute atomic E-state index is 11.6. The van der Waals surface area contributed by atoms with Crippen molar-refractivity contribution >= 4 is 33.7 Å². The molecule has 20 heavy (non-hydrogen) atoms. The number of carbonyl (C=O) groups is 1. The van der Waals surface area contributed by atoms with E-state index >= 15 is 0 Å². The third-order valence-corrected chi connectivity index (χ3v) is 4.72. The topological polar surface area (TPSA) is 55.0 Å². The number of thioether (sulfide) groups is 1. The first-order valence-electron chi connectivity index (χ1n) is 6.30. The summed E-state index contributed by atoms with van der Waals surface area (Å²) in [6, 6.07) is 7.99. The van der Waals surface area contributed by atoms with Crippen molar-refractivity contribution in [3.05, 3.63) is 34.9 Å². The van der Waals surface area contributed by atoms with Crippen LogP contribution in [0.25, 0.3) is 11.3 Å². The van der Waals surface area contributed by atoms with Gasteiger partial charge in [-0.15, -0.1) is 0 Å². The summed E-state index contributed by atoms with van der Waals surface area (Å²) in [4.78, 5) is 19.2. The van der Waals surface area contributed by atoms with Crippen molar-refractivity contribution in [2.45, 2.75) is 29.9 Å². The Balaban J connectivity index is 1.74. The Bertz CT molecular complexity index is 626. The lowest BCUT2D eigenvalue weighted by atomic mass is 10.2. The van der Waals surface area contributed by atoms with Gasteiger partial charge in [0.15, 0.2) is 5.16 Å². The van der Waals surface area contributed by atoms with Gasteiger partial charge in [-0.3, -0.25) is 4.79 Å². The SMILES string of the molecule is C[C@H]1C[C@@H](Sc2ncc(-c3ccc(Br)cc3)[nH]2)C(=O)O1. The number of esters is 1. The number of aromatic amines is 1. The van der Waals surface area contributed by atoms with E-state index in [0.717, 1.165) is 27.3 Å². The fourth-order valence-electron chi connectivity index (χ4n) is 2.09. The Morgan fingerprint density at radius 1 is 1.40 bits per heavy atom. The van der Waals surface area contributed by atoms with Gasteiger partial charge in [0.1, 0.15) is 11.4 Å². The van der Waals surface area contributed by atoms with Crippen LogP contribution in [-0.4, -0.2) is 27.3 Å². The van der Waals surface area contributed by atoms with Gasteiger partial charge in [-0.2, -0.15) is 0 Å². The van der Waals surface area contributed by atoms with Crippen molar-refractivity contribution in [2.75, 3.05) is 0 Å². The highest BCUT2D eigenvalue weighted by atomic mass is 79.9. The molecular formula is C14H13BrN2O2S. The number of aromatic nitrogens is 2. The minimum absolute atomic E-state index is 0.000839. The molecule has 1 saturated heterocycles. The second-order valence-corrected chi connectivity index (χ2v) is 6.81. The number of H-pyrrole nitrogens is 1. The first-order valence-corrected chi connectivity index (χ1v) is 7.97. The predicted molar refractivity (Wildman–Crippen MR) is 81.5 cm³/mol. The molecule has 0 amide bonds. The smallest absolute Gasteiger partial charge is 0.319 e. The van der Waals surface area contributed by atoms with Crippen molar-refractivity contribution in [1.82, 2.24) is 9.97 Å². The normalized spacial score (nSPS) is 22.0. The third kappa shape index (κ3) is 2.91. The largest absolute Gasteiger partial charge is 0.462 e. The molecule has 1 aromatic heterocycles. The molecule has 104 valence electrons. The number of benzene rings is 1. The lowest BCUT2D eigenvalue weighted by Gasteiger charge is -2.01. The number of nitrogens with one attached hydrogen (secondary N) is 1.